The quantitative estimate of drug-likeness (QED) is 0.491. The lowest BCUT2D eigenvalue weighted by Gasteiger charge is -2.45. The van der Waals surface area contributed by atoms with Crippen LogP contribution in [0.5, 0.6) is 0 Å². The molecule has 1 N–H and O–H groups in total. The Balaban J connectivity index is 1.63. The van der Waals surface area contributed by atoms with E-state index in [2.05, 4.69) is 13.0 Å². The monoisotopic (exact) mass is 542 g/mol. The van der Waals surface area contributed by atoms with Crippen molar-refractivity contribution in [3.8, 4) is 0 Å². The molecule has 6 nitrogen and oxygen atoms in total. The van der Waals surface area contributed by atoms with E-state index in [-0.39, 0.29) is 41.3 Å². The van der Waals surface area contributed by atoms with E-state index >= 15 is 0 Å². The second kappa shape index (κ2) is 11.0. The molecule has 0 unspecified atom stereocenters. The predicted octanol–water partition coefficient (Wildman–Crippen LogP) is 4.70. The number of aliphatic carboxylic acids is 1. The maximum atomic E-state index is 14.9. The maximum absolute atomic E-state index is 14.9. The number of carboxylic acid groups (broad SMARTS) is 1. The number of Topliss-reactive ketones (excluding diaryl/α,β-unsaturated/α-hetero) is 1. The molecule has 1 fully saturated rings. The number of carboxylic acids is 1. The largest absolute Gasteiger partial charge is 0.481 e. The lowest BCUT2D eigenvalue weighted by atomic mass is 9.86. The third-order valence-electron chi connectivity index (χ3n) is 7.45. The first-order chi connectivity index (χ1) is 17.9. The van der Waals surface area contributed by atoms with E-state index < -0.39 is 31.7 Å². The lowest BCUT2D eigenvalue weighted by molar-refractivity contribution is -0.139. The second-order valence-corrected chi connectivity index (χ2v) is 16.6. The second-order valence-electron chi connectivity index (χ2n) is 11.6. The van der Waals surface area contributed by atoms with Gasteiger partial charge >= 0.3 is 12.0 Å². The molecular formula is C29H36F2N2O4Si. The summed E-state index contributed by atoms with van der Waals surface area (Å²) in [6, 6.07) is 7.30. The molecule has 4 rings (SSSR count). The van der Waals surface area contributed by atoms with Crippen LogP contribution in [0.15, 0.2) is 30.3 Å². The number of hydrogen-bond donors (Lipinski definition) is 1. The molecule has 2 heterocycles. The first-order valence-electron chi connectivity index (χ1n) is 13.3. The lowest BCUT2D eigenvalue weighted by Crippen LogP contribution is -2.57. The number of aryl methyl sites for hydroxylation is 1. The highest BCUT2D eigenvalue weighted by molar-refractivity contribution is 6.88. The summed E-state index contributed by atoms with van der Waals surface area (Å²) in [4.78, 5) is 41.4. The van der Waals surface area contributed by atoms with E-state index in [0.717, 1.165) is 24.0 Å². The minimum absolute atomic E-state index is 0.000273. The van der Waals surface area contributed by atoms with Crippen molar-refractivity contribution in [2.45, 2.75) is 64.7 Å². The van der Waals surface area contributed by atoms with Crippen LogP contribution in [0, 0.1) is 17.6 Å². The van der Waals surface area contributed by atoms with Gasteiger partial charge in [0.25, 0.3) is 0 Å². The molecule has 2 amide bonds. The zero-order valence-electron chi connectivity index (χ0n) is 22.5. The minimum Gasteiger partial charge on any atom is -0.481 e. The van der Waals surface area contributed by atoms with Crippen LogP contribution < -0.4 is 5.19 Å². The van der Waals surface area contributed by atoms with Crippen LogP contribution in [0.3, 0.4) is 0 Å². The average molecular weight is 543 g/mol. The number of fused-ring (bicyclic) bond motifs is 1. The van der Waals surface area contributed by atoms with Crippen molar-refractivity contribution in [3.05, 3.63) is 64.2 Å². The van der Waals surface area contributed by atoms with Crippen LogP contribution >= 0.6 is 0 Å². The number of carbonyl (C=O) groups is 3. The first kappa shape index (κ1) is 27.9. The van der Waals surface area contributed by atoms with Crippen molar-refractivity contribution < 1.29 is 28.3 Å². The maximum Gasteiger partial charge on any atom is 0.320 e. The molecule has 0 aliphatic carbocycles. The van der Waals surface area contributed by atoms with Crippen LogP contribution in [-0.2, 0) is 28.9 Å². The SMILES string of the molecule is CCCc1ccc2c(c1)CCN(C(=O)N1CC(CC(=O)O)C1)[C@H]2C(=O)Cc1cc(F)c([Si](C)(C)C)c(F)c1. The Hall–Kier alpha value is -3.07. The van der Waals surface area contributed by atoms with E-state index in [0.29, 0.717) is 26.1 Å². The van der Waals surface area contributed by atoms with Gasteiger partial charge in [-0.3, -0.25) is 9.59 Å². The molecule has 1 saturated heterocycles. The topological polar surface area (TPSA) is 77.9 Å². The third kappa shape index (κ3) is 5.82. The third-order valence-corrected chi connectivity index (χ3v) is 9.42. The molecule has 2 aromatic rings. The Morgan fingerprint density at radius 2 is 1.68 bits per heavy atom. The number of carbonyl (C=O) groups excluding carboxylic acids is 2. The molecule has 0 spiro atoms. The van der Waals surface area contributed by atoms with Crippen LogP contribution in [0.4, 0.5) is 13.6 Å². The number of amides is 2. The molecule has 2 aliphatic rings. The van der Waals surface area contributed by atoms with Gasteiger partial charge < -0.3 is 14.9 Å². The smallest absolute Gasteiger partial charge is 0.320 e. The van der Waals surface area contributed by atoms with Crippen LogP contribution in [-0.4, -0.2) is 60.4 Å². The predicted molar refractivity (Wildman–Crippen MR) is 144 cm³/mol. The summed E-state index contributed by atoms with van der Waals surface area (Å²) in [5.74, 6) is -2.55. The average Bonchev–Trinajstić information content (AvgIpc) is 2.78. The van der Waals surface area contributed by atoms with Crippen molar-refractivity contribution >= 4 is 31.0 Å². The zero-order valence-corrected chi connectivity index (χ0v) is 23.5. The highest BCUT2D eigenvalue weighted by Crippen LogP contribution is 2.35. The van der Waals surface area contributed by atoms with Gasteiger partial charge in [-0.25, -0.2) is 13.6 Å². The summed E-state index contributed by atoms with van der Waals surface area (Å²) in [5.41, 5.74) is 3.18. The number of benzene rings is 2. The molecule has 2 aliphatic heterocycles. The molecular weight excluding hydrogens is 506 g/mol. The van der Waals surface area contributed by atoms with Gasteiger partial charge in [0.15, 0.2) is 5.78 Å². The molecule has 2 aromatic carbocycles. The number of nitrogens with zero attached hydrogens (tertiary/aromatic N) is 2. The summed E-state index contributed by atoms with van der Waals surface area (Å²) in [7, 11) is -2.26. The van der Waals surface area contributed by atoms with Crippen LogP contribution in [0.2, 0.25) is 19.6 Å². The van der Waals surface area contributed by atoms with Crippen molar-refractivity contribution in [3.63, 3.8) is 0 Å². The van der Waals surface area contributed by atoms with E-state index in [9.17, 15) is 23.2 Å². The molecule has 0 radical (unpaired) electrons. The van der Waals surface area contributed by atoms with Gasteiger partial charge in [0.05, 0.1) is 14.5 Å². The Morgan fingerprint density at radius 3 is 2.26 bits per heavy atom. The van der Waals surface area contributed by atoms with Gasteiger partial charge in [0.1, 0.15) is 17.7 Å². The zero-order chi connectivity index (χ0) is 27.8. The van der Waals surface area contributed by atoms with Crippen molar-refractivity contribution in [2.24, 2.45) is 5.92 Å². The number of rotatable bonds is 8. The van der Waals surface area contributed by atoms with Crippen molar-refractivity contribution in [1.29, 1.82) is 0 Å². The fourth-order valence-corrected chi connectivity index (χ4v) is 7.28. The number of likely N-dealkylation sites (tertiary alicyclic amines) is 1. The summed E-state index contributed by atoms with van der Waals surface area (Å²) in [6.07, 6.45) is 2.30. The number of urea groups is 1. The van der Waals surface area contributed by atoms with Gasteiger partial charge in [-0.2, -0.15) is 0 Å². The van der Waals surface area contributed by atoms with Crippen molar-refractivity contribution in [1.82, 2.24) is 9.80 Å². The highest BCUT2D eigenvalue weighted by Gasteiger charge is 2.41. The van der Waals surface area contributed by atoms with Gasteiger partial charge in [0, 0.05) is 37.2 Å². The number of halogens is 2. The summed E-state index contributed by atoms with van der Waals surface area (Å²) < 4.78 is 29.8. The van der Waals surface area contributed by atoms with Gasteiger partial charge in [-0.1, -0.05) is 51.2 Å². The molecule has 38 heavy (non-hydrogen) atoms. The van der Waals surface area contributed by atoms with Crippen LogP contribution in [0.25, 0.3) is 0 Å². The molecule has 0 bridgehead atoms. The molecule has 9 heteroatoms. The molecule has 0 saturated carbocycles. The number of hydrogen-bond acceptors (Lipinski definition) is 3. The van der Waals surface area contributed by atoms with E-state index in [1.54, 1.807) is 9.80 Å². The Morgan fingerprint density at radius 1 is 1.03 bits per heavy atom. The minimum atomic E-state index is -2.26. The number of ketones is 1. The van der Waals surface area contributed by atoms with E-state index in [4.69, 9.17) is 5.11 Å². The fourth-order valence-electron chi connectivity index (χ4n) is 5.70. The summed E-state index contributed by atoms with van der Waals surface area (Å²) in [6.45, 7) is 8.71. The summed E-state index contributed by atoms with van der Waals surface area (Å²) >= 11 is 0. The summed E-state index contributed by atoms with van der Waals surface area (Å²) in [5, 5.41) is 9.15. The fraction of sp³-hybridized carbons (Fsp3) is 0.483. The van der Waals surface area contributed by atoms with E-state index in [1.807, 2.05) is 31.8 Å². The Kier molecular flexibility index (Phi) is 8.06. The van der Waals surface area contributed by atoms with Gasteiger partial charge in [0.2, 0.25) is 0 Å². The first-order valence-corrected chi connectivity index (χ1v) is 16.8. The van der Waals surface area contributed by atoms with Crippen molar-refractivity contribution in [2.75, 3.05) is 19.6 Å². The normalized spacial score (nSPS) is 17.7. The van der Waals surface area contributed by atoms with Crippen LogP contribution in [0.1, 0.15) is 48.1 Å². The molecule has 0 aromatic heterocycles. The highest BCUT2D eigenvalue weighted by atomic mass is 28.3. The standard InChI is InChI=1S/C29H36F2N2O4Si/c1-5-6-18-7-8-22-21(11-18)9-10-33(29(37)32-16-20(17-32)15-26(35)36)27(22)25(34)14-19-12-23(30)28(24(31)13-19)38(2,3)4/h7-8,11-13,20,27H,5-6,9-10,14-17H2,1-4H3,(H,35,36)/t27-/m1/s1. The van der Waals surface area contributed by atoms with Gasteiger partial charge in [-0.15, -0.1) is 0 Å². The van der Waals surface area contributed by atoms with E-state index in [1.165, 1.54) is 17.7 Å². The van der Waals surface area contributed by atoms with Gasteiger partial charge in [-0.05, 0) is 47.2 Å². The molecule has 1 atom stereocenters. The Labute approximate surface area is 223 Å². The molecule has 204 valence electrons. The Bertz CT molecular complexity index is 1230.